The van der Waals surface area contributed by atoms with E-state index in [-0.39, 0.29) is 12.0 Å². The van der Waals surface area contributed by atoms with Crippen molar-refractivity contribution in [3.05, 3.63) is 29.8 Å². The lowest BCUT2D eigenvalue weighted by molar-refractivity contribution is 0.0156. The average molecular weight is 291 g/mol. The Morgan fingerprint density at radius 3 is 2.67 bits per heavy atom. The lowest BCUT2D eigenvalue weighted by Crippen LogP contribution is -2.42. The lowest BCUT2D eigenvalue weighted by atomic mass is 10.0. The molecule has 1 amide bonds. The summed E-state index contributed by atoms with van der Waals surface area (Å²) in [6, 6.07) is 7.21. The second kappa shape index (κ2) is 6.48. The molecule has 1 aliphatic rings. The van der Waals surface area contributed by atoms with Gasteiger partial charge in [-0.05, 0) is 44.9 Å². The molecule has 0 aliphatic heterocycles. The Balaban J connectivity index is 2.04. The van der Waals surface area contributed by atoms with Gasteiger partial charge >= 0.3 is 0 Å². The molecule has 1 aromatic carbocycles. The Bertz CT molecular complexity index is 493. The van der Waals surface area contributed by atoms with Gasteiger partial charge in [0.15, 0.2) is 0 Å². The van der Waals surface area contributed by atoms with Gasteiger partial charge in [-0.3, -0.25) is 4.79 Å². The fourth-order valence-electron chi connectivity index (χ4n) is 2.90. The van der Waals surface area contributed by atoms with Gasteiger partial charge < -0.3 is 14.7 Å². The number of benzene rings is 1. The third-order valence-corrected chi connectivity index (χ3v) is 3.87. The van der Waals surface area contributed by atoms with Crippen molar-refractivity contribution in [3.63, 3.8) is 0 Å². The van der Waals surface area contributed by atoms with Crippen LogP contribution in [0.15, 0.2) is 24.3 Å². The van der Waals surface area contributed by atoms with E-state index in [4.69, 9.17) is 4.74 Å². The largest absolute Gasteiger partial charge is 0.491 e. The standard InChI is InChI=1S/C17H25NO3/c1-13(2)21-15-8-6-7-14(11-15)16(19)18(3)12-17(20)9-4-5-10-17/h6-8,11,13,20H,4-5,9-10,12H2,1-3H3. The van der Waals surface area contributed by atoms with E-state index in [0.717, 1.165) is 25.7 Å². The molecule has 116 valence electrons. The maximum absolute atomic E-state index is 12.5. The van der Waals surface area contributed by atoms with Crippen molar-refractivity contribution >= 4 is 5.91 Å². The van der Waals surface area contributed by atoms with Crippen molar-refractivity contribution in [1.82, 2.24) is 4.90 Å². The first kappa shape index (κ1) is 15.8. The topological polar surface area (TPSA) is 49.8 Å². The van der Waals surface area contributed by atoms with Gasteiger partial charge in [-0.25, -0.2) is 0 Å². The minimum absolute atomic E-state index is 0.0762. The van der Waals surface area contributed by atoms with Crippen molar-refractivity contribution in [1.29, 1.82) is 0 Å². The Hall–Kier alpha value is -1.55. The van der Waals surface area contributed by atoms with Crippen LogP contribution in [0.2, 0.25) is 0 Å². The molecule has 0 saturated heterocycles. The molecule has 0 unspecified atom stereocenters. The molecule has 21 heavy (non-hydrogen) atoms. The van der Waals surface area contributed by atoms with Crippen LogP contribution in [-0.4, -0.2) is 41.2 Å². The van der Waals surface area contributed by atoms with Gasteiger partial charge in [0, 0.05) is 19.2 Å². The number of nitrogens with zero attached hydrogens (tertiary/aromatic N) is 1. The monoisotopic (exact) mass is 291 g/mol. The first-order valence-corrected chi connectivity index (χ1v) is 7.64. The van der Waals surface area contributed by atoms with E-state index in [1.165, 1.54) is 0 Å². The van der Waals surface area contributed by atoms with Crippen molar-refractivity contribution in [2.75, 3.05) is 13.6 Å². The van der Waals surface area contributed by atoms with Gasteiger partial charge in [0.05, 0.1) is 11.7 Å². The Morgan fingerprint density at radius 2 is 2.05 bits per heavy atom. The van der Waals surface area contributed by atoms with Gasteiger partial charge in [0.2, 0.25) is 0 Å². The molecule has 1 aromatic rings. The normalized spacial score (nSPS) is 17.0. The zero-order valence-corrected chi connectivity index (χ0v) is 13.1. The van der Waals surface area contributed by atoms with E-state index in [9.17, 15) is 9.90 Å². The van der Waals surface area contributed by atoms with Gasteiger partial charge in [-0.15, -0.1) is 0 Å². The van der Waals surface area contributed by atoms with Crippen molar-refractivity contribution in [2.45, 2.75) is 51.2 Å². The number of hydrogen-bond donors (Lipinski definition) is 1. The SMILES string of the molecule is CC(C)Oc1cccc(C(=O)N(C)CC2(O)CCCC2)c1. The minimum atomic E-state index is -0.712. The van der Waals surface area contributed by atoms with Gasteiger partial charge in [-0.2, -0.15) is 0 Å². The predicted molar refractivity (Wildman–Crippen MR) is 82.6 cm³/mol. The summed E-state index contributed by atoms with van der Waals surface area (Å²) < 4.78 is 5.62. The second-order valence-electron chi connectivity index (χ2n) is 6.29. The van der Waals surface area contributed by atoms with Crippen LogP contribution in [0, 0.1) is 0 Å². The molecule has 0 heterocycles. The number of rotatable bonds is 5. The van der Waals surface area contributed by atoms with E-state index in [0.29, 0.717) is 17.9 Å². The number of amides is 1. The van der Waals surface area contributed by atoms with Gasteiger partial charge in [0.25, 0.3) is 5.91 Å². The average Bonchev–Trinajstić information content (AvgIpc) is 2.83. The highest BCUT2D eigenvalue weighted by Crippen LogP contribution is 2.30. The molecule has 1 aliphatic carbocycles. The molecule has 0 radical (unpaired) electrons. The van der Waals surface area contributed by atoms with Crippen LogP contribution in [0.1, 0.15) is 49.9 Å². The lowest BCUT2D eigenvalue weighted by Gasteiger charge is -2.28. The fourth-order valence-corrected chi connectivity index (χ4v) is 2.90. The maximum atomic E-state index is 12.5. The molecule has 1 saturated carbocycles. The van der Waals surface area contributed by atoms with Crippen molar-refractivity contribution < 1.29 is 14.6 Å². The molecule has 2 rings (SSSR count). The fraction of sp³-hybridized carbons (Fsp3) is 0.588. The molecule has 0 aromatic heterocycles. The van der Waals surface area contributed by atoms with E-state index >= 15 is 0 Å². The number of aliphatic hydroxyl groups is 1. The number of carbonyl (C=O) groups excluding carboxylic acids is 1. The zero-order valence-electron chi connectivity index (χ0n) is 13.1. The number of ether oxygens (including phenoxy) is 1. The maximum Gasteiger partial charge on any atom is 0.253 e. The van der Waals surface area contributed by atoms with E-state index < -0.39 is 5.60 Å². The summed E-state index contributed by atoms with van der Waals surface area (Å²) in [6.45, 7) is 4.30. The van der Waals surface area contributed by atoms with Crippen LogP contribution in [0.5, 0.6) is 5.75 Å². The third kappa shape index (κ3) is 4.21. The summed E-state index contributed by atoms with van der Waals surface area (Å²) in [5.74, 6) is 0.619. The Labute approximate surface area is 126 Å². The number of carbonyl (C=O) groups is 1. The summed E-state index contributed by atoms with van der Waals surface area (Å²) in [7, 11) is 1.74. The number of hydrogen-bond acceptors (Lipinski definition) is 3. The van der Waals surface area contributed by atoms with Gasteiger partial charge in [-0.1, -0.05) is 18.9 Å². The van der Waals surface area contributed by atoms with E-state index in [2.05, 4.69) is 0 Å². The molecular weight excluding hydrogens is 266 g/mol. The first-order valence-electron chi connectivity index (χ1n) is 7.64. The zero-order chi connectivity index (χ0) is 15.5. The van der Waals surface area contributed by atoms with Crippen LogP contribution in [0.3, 0.4) is 0 Å². The van der Waals surface area contributed by atoms with Crippen LogP contribution in [0.4, 0.5) is 0 Å². The molecule has 0 spiro atoms. The smallest absolute Gasteiger partial charge is 0.253 e. The minimum Gasteiger partial charge on any atom is -0.491 e. The number of likely N-dealkylation sites (N-methyl/N-ethyl adjacent to an activating group) is 1. The Morgan fingerprint density at radius 1 is 1.38 bits per heavy atom. The summed E-state index contributed by atoms with van der Waals surface area (Å²) in [5, 5.41) is 10.4. The van der Waals surface area contributed by atoms with Crippen molar-refractivity contribution in [3.8, 4) is 5.75 Å². The molecule has 1 N–H and O–H groups in total. The van der Waals surface area contributed by atoms with Crippen LogP contribution in [-0.2, 0) is 0 Å². The third-order valence-electron chi connectivity index (χ3n) is 3.87. The van der Waals surface area contributed by atoms with Gasteiger partial charge in [0.1, 0.15) is 5.75 Å². The molecule has 4 heteroatoms. The second-order valence-corrected chi connectivity index (χ2v) is 6.29. The molecule has 0 atom stereocenters. The molecule has 4 nitrogen and oxygen atoms in total. The molecule has 0 bridgehead atoms. The highest BCUT2D eigenvalue weighted by Gasteiger charge is 2.33. The Kier molecular flexibility index (Phi) is 4.88. The first-order chi connectivity index (χ1) is 9.89. The quantitative estimate of drug-likeness (QED) is 0.907. The molecular formula is C17H25NO3. The van der Waals surface area contributed by atoms with Crippen molar-refractivity contribution in [2.24, 2.45) is 0 Å². The summed E-state index contributed by atoms with van der Waals surface area (Å²) in [4.78, 5) is 14.1. The highest BCUT2D eigenvalue weighted by molar-refractivity contribution is 5.94. The van der Waals surface area contributed by atoms with Crippen LogP contribution < -0.4 is 4.74 Å². The summed E-state index contributed by atoms with van der Waals surface area (Å²) in [5.41, 5.74) is -0.117. The van der Waals surface area contributed by atoms with E-state index in [1.807, 2.05) is 26.0 Å². The predicted octanol–water partition coefficient (Wildman–Crippen LogP) is 2.85. The van der Waals surface area contributed by atoms with Crippen LogP contribution >= 0.6 is 0 Å². The summed E-state index contributed by atoms with van der Waals surface area (Å²) >= 11 is 0. The highest BCUT2D eigenvalue weighted by atomic mass is 16.5. The van der Waals surface area contributed by atoms with E-state index in [1.54, 1.807) is 24.1 Å². The summed E-state index contributed by atoms with van der Waals surface area (Å²) in [6.07, 6.45) is 3.71. The molecule has 1 fully saturated rings. The van der Waals surface area contributed by atoms with Crippen LogP contribution in [0.25, 0.3) is 0 Å².